The highest BCUT2D eigenvalue weighted by Crippen LogP contribution is 2.29. The highest BCUT2D eigenvalue weighted by molar-refractivity contribution is 6.35. The molecule has 21 heavy (non-hydrogen) atoms. The van der Waals surface area contributed by atoms with E-state index >= 15 is 0 Å². The second kappa shape index (κ2) is 5.32. The summed E-state index contributed by atoms with van der Waals surface area (Å²) >= 11 is 0. The number of hydrogen-bond acceptors (Lipinski definition) is 3. The van der Waals surface area contributed by atoms with Gasteiger partial charge in [0.25, 0.3) is 11.8 Å². The van der Waals surface area contributed by atoms with Gasteiger partial charge in [-0.05, 0) is 24.6 Å². The summed E-state index contributed by atoms with van der Waals surface area (Å²) in [6.07, 6.45) is 1.65. The van der Waals surface area contributed by atoms with Crippen molar-refractivity contribution < 1.29 is 9.59 Å². The normalized spacial score (nSPS) is 15.0. The molecule has 0 unspecified atom stereocenters. The van der Waals surface area contributed by atoms with Crippen molar-refractivity contribution >= 4 is 17.4 Å². The summed E-state index contributed by atoms with van der Waals surface area (Å²) in [7, 11) is 0. The molecule has 3 rings (SSSR count). The first-order chi connectivity index (χ1) is 10.2. The molecule has 2 heterocycles. The lowest BCUT2D eigenvalue weighted by Gasteiger charge is -2.14. The molecule has 0 spiro atoms. The van der Waals surface area contributed by atoms with Crippen LogP contribution in [0.5, 0.6) is 0 Å². The lowest BCUT2D eigenvalue weighted by molar-refractivity contribution is -0.137. The number of imide groups is 1. The molecule has 0 aliphatic carbocycles. The quantitative estimate of drug-likeness (QED) is 0.810. The van der Waals surface area contributed by atoms with Crippen LogP contribution in [0.4, 0.5) is 0 Å². The van der Waals surface area contributed by atoms with Crippen LogP contribution in [0.1, 0.15) is 18.2 Å². The number of hydrogen-bond donors (Lipinski definition) is 0. The number of carbonyl (C=O) groups excluding carboxylic acids is 2. The predicted molar refractivity (Wildman–Crippen MR) is 78.8 cm³/mol. The van der Waals surface area contributed by atoms with E-state index in [9.17, 15) is 9.59 Å². The van der Waals surface area contributed by atoms with Crippen LogP contribution in [-0.2, 0) is 16.1 Å². The number of carbonyl (C=O) groups is 2. The van der Waals surface area contributed by atoms with Crippen molar-refractivity contribution in [3.63, 3.8) is 0 Å². The minimum absolute atomic E-state index is 0.201. The van der Waals surface area contributed by atoms with E-state index < -0.39 is 0 Å². The van der Waals surface area contributed by atoms with Crippen LogP contribution in [0, 0.1) is 0 Å². The zero-order valence-corrected chi connectivity index (χ0v) is 11.6. The molecule has 1 aliphatic heterocycles. The van der Waals surface area contributed by atoms with Crippen molar-refractivity contribution in [1.82, 2.24) is 9.88 Å². The van der Waals surface area contributed by atoms with E-state index in [1.807, 2.05) is 36.4 Å². The minimum atomic E-state index is -0.255. The number of nitrogens with zero attached hydrogens (tertiary/aromatic N) is 2. The van der Waals surface area contributed by atoms with E-state index in [0.717, 1.165) is 5.56 Å². The third kappa shape index (κ3) is 2.36. The Morgan fingerprint density at radius 1 is 0.952 bits per heavy atom. The average molecular weight is 278 g/mol. The van der Waals surface area contributed by atoms with Gasteiger partial charge in [0.1, 0.15) is 0 Å². The Bertz CT molecular complexity index is 721. The molecule has 0 atom stereocenters. The summed E-state index contributed by atoms with van der Waals surface area (Å²) in [6, 6.07) is 14.7. The maximum Gasteiger partial charge on any atom is 0.262 e. The molecule has 0 fully saturated rings. The van der Waals surface area contributed by atoms with Gasteiger partial charge in [0.2, 0.25) is 0 Å². The van der Waals surface area contributed by atoms with E-state index in [1.54, 1.807) is 25.3 Å². The van der Waals surface area contributed by atoms with Crippen LogP contribution < -0.4 is 0 Å². The van der Waals surface area contributed by atoms with Gasteiger partial charge in [-0.1, -0.05) is 36.4 Å². The van der Waals surface area contributed by atoms with Gasteiger partial charge in [-0.25, -0.2) is 0 Å². The van der Waals surface area contributed by atoms with E-state index in [4.69, 9.17) is 0 Å². The largest absolute Gasteiger partial charge is 0.269 e. The molecule has 4 heteroatoms. The fraction of sp³-hybridized carbons (Fsp3) is 0.118. The molecule has 1 aromatic heterocycles. The summed E-state index contributed by atoms with van der Waals surface area (Å²) in [4.78, 5) is 30.3. The monoisotopic (exact) mass is 278 g/mol. The van der Waals surface area contributed by atoms with Crippen molar-refractivity contribution in [2.24, 2.45) is 0 Å². The fourth-order valence-corrected chi connectivity index (χ4v) is 2.44. The topological polar surface area (TPSA) is 50.3 Å². The van der Waals surface area contributed by atoms with Gasteiger partial charge in [0.15, 0.2) is 0 Å². The number of rotatable bonds is 3. The number of benzene rings is 1. The van der Waals surface area contributed by atoms with Gasteiger partial charge in [0, 0.05) is 11.8 Å². The zero-order chi connectivity index (χ0) is 14.8. The summed E-state index contributed by atoms with van der Waals surface area (Å²) < 4.78 is 0. The third-order valence-corrected chi connectivity index (χ3v) is 3.51. The van der Waals surface area contributed by atoms with E-state index in [-0.39, 0.29) is 18.4 Å². The first-order valence-electron chi connectivity index (χ1n) is 6.71. The van der Waals surface area contributed by atoms with Crippen LogP contribution >= 0.6 is 0 Å². The highest BCUT2D eigenvalue weighted by Gasteiger charge is 2.36. The van der Waals surface area contributed by atoms with Gasteiger partial charge < -0.3 is 0 Å². The van der Waals surface area contributed by atoms with Crippen LogP contribution in [0.15, 0.2) is 60.3 Å². The average Bonchev–Trinajstić information content (AvgIpc) is 2.73. The lowest BCUT2D eigenvalue weighted by Crippen LogP contribution is -2.31. The molecule has 0 N–H and O–H groups in total. The van der Waals surface area contributed by atoms with Crippen molar-refractivity contribution in [2.45, 2.75) is 13.5 Å². The fourth-order valence-electron chi connectivity index (χ4n) is 2.44. The van der Waals surface area contributed by atoms with Gasteiger partial charge >= 0.3 is 0 Å². The molecule has 104 valence electrons. The van der Waals surface area contributed by atoms with Crippen LogP contribution in [0.2, 0.25) is 0 Å². The molecule has 0 radical (unpaired) electrons. The Kier molecular flexibility index (Phi) is 3.36. The molecule has 0 saturated carbocycles. The van der Waals surface area contributed by atoms with Gasteiger partial charge in [-0.15, -0.1) is 0 Å². The first kappa shape index (κ1) is 13.2. The Morgan fingerprint density at radius 2 is 1.67 bits per heavy atom. The van der Waals surface area contributed by atoms with Crippen molar-refractivity contribution in [3.05, 3.63) is 71.6 Å². The second-order valence-electron chi connectivity index (χ2n) is 4.88. The van der Waals surface area contributed by atoms with E-state index in [2.05, 4.69) is 4.98 Å². The van der Waals surface area contributed by atoms with Gasteiger partial charge in [-0.2, -0.15) is 0 Å². The third-order valence-electron chi connectivity index (χ3n) is 3.51. The summed E-state index contributed by atoms with van der Waals surface area (Å²) in [5.74, 6) is -0.501. The van der Waals surface area contributed by atoms with Crippen molar-refractivity contribution in [1.29, 1.82) is 0 Å². The first-order valence-corrected chi connectivity index (χ1v) is 6.71. The molecule has 0 saturated heterocycles. The Balaban J connectivity index is 1.92. The van der Waals surface area contributed by atoms with Crippen molar-refractivity contribution in [2.75, 3.05) is 0 Å². The minimum Gasteiger partial charge on any atom is -0.269 e. The Labute approximate surface area is 122 Å². The number of pyridine rings is 1. The summed E-state index contributed by atoms with van der Waals surface area (Å²) in [5.41, 5.74) is 2.44. The standard InChI is InChI=1S/C17H14N2O2/c1-12-15(13-7-3-2-4-8-13)17(21)19(16(12)20)11-14-9-5-6-10-18-14/h2-10H,11H2,1H3. The molecular weight excluding hydrogens is 264 g/mol. The van der Waals surface area contributed by atoms with Crippen molar-refractivity contribution in [3.8, 4) is 0 Å². The molecule has 1 aliphatic rings. The molecular formula is C17H14N2O2. The zero-order valence-electron chi connectivity index (χ0n) is 11.6. The maximum atomic E-state index is 12.6. The number of amides is 2. The smallest absolute Gasteiger partial charge is 0.262 e. The highest BCUT2D eigenvalue weighted by atomic mass is 16.2. The molecule has 2 amide bonds. The SMILES string of the molecule is CC1=C(c2ccccc2)C(=O)N(Cc2ccccn2)C1=O. The van der Waals surface area contributed by atoms with Crippen LogP contribution in [0.25, 0.3) is 5.57 Å². The van der Waals surface area contributed by atoms with Gasteiger partial charge in [-0.3, -0.25) is 19.5 Å². The summed E-state index contributed by atoms with van der Waals surface area (Å²) in [5, 5.41) is 0. The molecule has 4 nitrogen and oxygen atoms in total. The summed E-state index contributed by atoms with van der Waals surface area (Å²) in [6.45, 7) is 1.90. The van der Waals surface area contributed by atoms with Gasteiger partial charge in [0.05, 0.1) is 17.8 Å². The molecule has 2 aromatic rings. The Hall–Kier alpha value is -2.75. The molecule has 1 aromatic carbocycles. The van der Waals surface area contributed by atoms with Crippen LogP contribution in [0.3, 0.4) is 0 Å². The van der Waals surface area contributed by atoms with E-state index in [0.29, 0.717) is 16.8 Å². The second-order valence-corrected chi connectivity index (χ2v) is 4.88. The Morgan fingerprint density at radius 3 is 2.33 bits per heavy atom. The lowest BCUT2D eigenvalue weighted by atomic mass is 10.0. The van der Waals surface area contributed by atoms with E-state index in [1.165, 1.54) is 4.90 Å². The van der Waals surface area contributed by atoms with Crippen LogP contribution in [-0.4, -0.2) is 21.7 Å². The number of aromatic nitrogens is 1. The molecule has 0 bridgehead atoms. The maximum absolute atomic E-state index is 12.6. The predicted octanol–water partition coefficient (Wildman–Crippen LogP) is 2.42.